The maximum atomic E-state index is 12.9. The van der Waals surface area contributed by atoms with Crippen LogP contribution in [0.25, 0.3) is 0 Å². The smallest absolute Gasteiger partial charge is 0.251 e. The first-order valence-electron chi connectivity index (χ1n) is 9.53. The molecule has 2 aromatic rings. The monoisotopic (exact) mass is 385 g/mol. The fourth-order valence-electron chi connectivity index (χ4n) is 3.20. The van der Waals surface area contributed by atoms with Gasteiger partial charge in [-0.1, -0.05) is 19.3 Å². The van der Waals surface area contributed by atoms with E-state index >= 15 is 0 Å². The molecule has 2 amide bonds. The van der Waals surface area contributed by atoms with Crippen LogP contribution < -0.4 is 15.4 Å². The number of amides is 2. The van der Waals surface area contributed by atoms with Gasteiger partial charge in [0.05, 0.1) is 13.2 Å². The summed E-state index contributed by atoms with van der Waals surface area (Å²) in [7, 11) is 0. The molecule has 1 aromatic heterocycles. The number of carbonyl (C=O) groups is 2. The predicted octanol–water partition coefficient (Wildman–Crippen LogP) is 3.55. The highest BCUT2D eigenvalue weighted by Crippen LogP contribution is 2.26. The molecule has 3 rings (SSSR count). The molecule has 0 bridgehead atoms. The molecule has 1 aliphatic carbocycles. The van der Waals surface area contributed by atoms with E-state index in [4.69, 9.17) is 4.74 Å². The van der Waals surface area contributed by atoms with Gasteiger partial charge in [0.2, 0.25) is 5.91 Å². The molecule has 0 saturated heterocycles. The van der Waals surface area contributed by atoms with Crippen molar-refractivity contribution in [3.8, 4) is 5.75 Å². The highest BCUT2D eigenvalue weighted by Gasteiger charge is 2.16. The van der Waals surface area contributed by atoms with Crippen molar-refractivity contribution >= 4 is 17.6 Å². The summed E-state index contributed by atoms with van der Waals surface area (Å²) in [5.41, 5.74) is 0.281. The quantitative estimate of drug-likeness (QED) is 0.764. The summed E-state index contributed by atoms with van der Waals surface area (Å²) in [6, 6.07) is 8.62. The van der Waals surface area contributed by atoms with Crippen LogP contribution >= 0.6 is 0 Å². The molecule has 1 aromatic carbocycles. The van der Waals surface area contributed by atoms with Crippen molar-refractivity contribution in [2.24, 2.45) is 5.92 Å². The largest absolute Gasteiger partial charge is 0.489 e. The van der Waals surface area contributed by atoms with E-state index in [-0.39, 0.29) is 12.1 Å². The Morgan fingerprint density at radius 2 is 1.86 bits per heavy atom. The van der Waals surface area contributed by atoms with Crippen LogP contribution in [0.4, 0.5) is 10.2 Å². The number of ether oxygens (including phenoxy) is 1. The van der Waals surface area contributed by atoms with E-state index in [0.717, 1.165) is 12.8 Å². The summed E-state index contributed by atoms with van der Waals surface area (Å²) in [5, 5.41) is 5.16. The van der Waals surface area contributed by atoms with Gasteiger partial charge in [-0.15, -0.1) is 0 Å². The highest BCUT2D eigenvalue weighted by atomic mass is 19.1. The van der Waals surface area contributed by atoms with Crippen LogP contribution in [0.5, 0.6) is 5.75 Å². The molecule has 1 fully saturated rings. The van der Waals surface area contributed by atoms with Crippen molar-refractivity contribution < 1.29 is 18.7 Å². The third-order valence-electron chi connectivity index (χ3n) is 4.74. The zero-order valence-electron chi connectivity index (χ0n) is 15.6. The van der Waals surface area contributed by atoms with E-state index in [0.29, 0.717) is 24.1 Å². The second kappa shape index (κ2) is 9.82. The third kappa shape index (κ3) is 5.77. The Balaban J connectivity index is 1.50. The zero-order valence-corrected chi connectivity index (χ0v) is 15.6. The van der Waals surface area contributed by atoms with Crippen LogP contribution in [0.1, 0.15) is 42.5 Å². The van der Waals surface area contributed by atoms with E-state index < -0.39 is 17.6 Å². The van der Waals surface area contributed by atoms with Crippen LogP contribution in [0.15, 0.2) is 42.6 Å². The molecule has 0 radical (unpaired) electrons. The van der Waals surface area contributed by atoms with Crippen molar-refractivity contribution in [3.63, 3.8) is 0 Å². The Bertz CT molecular complexity index is 805. The summed E-state index contributed by atoms with van der Waals surface area (Å²) >= 11 is 0. The lowest BCUT2D eigenvalue weighted by Crippen LogP contribution is -2.33. The van der Waals surface area contributed by atoms with Gasteiger partial charge < -0.3 is 15.4 Å². The lowest BCUT2D eigenvalue weighted by atomic mass is 9.90. The molecule has 7 heteroatoms. The van der Waals surface area contributed by atoms with E-state index in [9.17, 15) is 14.0 Å². The molecule has 148 valence electrons. The van der Waals surface area contributed by atoms with Gasteiger partial charge in [0.25, 0.3) is 5.91 Å². The number of carbonyl (C=O) groups excluding carboxylic acids is 2. The first-order chi connectivity index (χ1) is 13.6. The van der Waals surface area contributed by atoms with Gasteiger partial charge in [-0.05, 0) is 55.2 Å². The van der Waals surface area contributed by atoms with Crippen LogP contribution in [0.2, 0.25) is 0 Å². The average Bonchev–Trinajstić information content (AvgIpc) is 2.72. The number of aromatic nitrogens is 1. The van der Waals surface area contributed by atoms with E-state index in [2.05, 4.69) is 15.6 Å². The average molecular weight is 385 g/mol. The Morgan fingerprint density at radius 1 is 1.11 bits per heavy atom. The number of halogens is 1. The number of rotatable bonds is 7. The molecule has 0 spiro atoms. The molecule has 1 saturated carbocycles. The zero-order chi connectivity index (χ0) is 19.8. The maximum absolute atomic E-state index is 12.9. The van der Waals surface area contributed by atoms with Gasteiger partial charge in [-0.3, -0.25) is 9.59 Å². The van der Waals surface area contributed by atoms with Crippen molar-refractivity contribution in [2.45, 2.75) is 32.1 Å². The maximum Gasteiger partial charge on any atom is 0.251 e. The fraction of sp³-hybridized carbons (Fsp3) is 0.381. The lowest BCUT2D eigenvalue weighted by Gasteiger charge is -2.22. The number of benzene rings is 1. The van der Waals surface area contributed by atoms with Gasteiger partial charge in [0.15, 0.2) is 11.6 Å². The minimum absolute atomic E-state index is 0.227. The summed E-state index contributed by atoms with van der Waals surface area (Å²) < 4.78 is 18.8. The number of anilines is 1. The van der Waals surface area contributed by atoms with E-state index in [1.54, 1.807) is 18.3 Å². The van der Waals surface area contributed by atoms with Gasteiger partial charge in [0.1, 0.15) is 5.82 Å². The topological polar surface area (TPSA) is 80.3 Å². The summed E-state index contributed by atoms with van der Waals surface area (Å²) in [5.74, 6) is 0.0879. The Labute approximate surface area is 163 Å². The minimum atomic E-state index is -0.454. The van der Waals surface area contributed by atoms with E-state index in [1.807, 2.05) is 0 Å². The third-order valence-corrected chi connectivity index (χ3v) is 4.74. The SMILES string of the molecule is O=C(CNC(=O)c1ccc(F)cc1)Nc1ncccc1OCC1CCCCC1. The van der Waals surface area contributed by atoms with Crippen molar-refractivity contribution in [2.75, 3.05) is 18.5 Å². The number of nitrogens with one attached hydrogen (secondary N) is 2. The van der Waals surface area contributed by atoms with Gasteiger partial charge >= 0.3 is 0 Å². The number of pyridine rings is 1. The second-order valence-electron chi connectivity index (χ2n) is 6.90. The summed E-state index contributed by atoms with van der Waals surface area (Å²) in [6.07, 6.45) is 7.65. The predicted molar refractivity (Wildman–Crippen MR) is 104 cm³/mol. The summed E-state index contributed by atoms with van der Waals surface area (Å²) in [6.45, 7) is 0.380. The highest BCUT2D eigenvalue weighted by molar-refractivity contribution is 5.99. The van der Waals surface area contributed by atoms with Gasteiger partial charge in [-0.25, -0.2) is 9.37 Å². The standard InChI is InChI=1S/C21H24FN3O3/c22-17-10-8-16(9-11-17)21(27)24-13-19(26)25-20-18(7-4-12-23-20)28-14-15-5-2-1-3-6-15/h4,7-12,15H,1-3,5-6,13-14H2,(H,24,27)(H,23,25,26). The molecular formula is C21H24FN3O3. The number of hydrogen-bond donors (Lipinski definition) is 2. The Kier molecular flexibility index (Phi) is 6.94. The lowest BCUT2D eigenvalue weighted by molar-refractivity contribution is -0.115. The van der Waals surface area contributed by atoms with Crippen molar-refractivity contribution in [3.05, 3.63) is 54.0 Å². The van der Waals surface area contributed by atoms with Crippen molar-refractivity contribution in [1.29, 1.82) is 0 Å². The van der Waals surface area contributed by atoms with Crippen LogP contribution in [-0.4, -0.2) is 29.9 Å². The van der Waals surface area contributed by atoms with Crippen molar-refractivity contribution in [1.82, 2.24) is 10.3 Å². The number of nitrogens with zero attached hydrogens (tertiary/aromatic N) is 1. The molecule has 6 nitrogen and oxygen atoms in total. The normalized spacial score (nSPS) is 14.3. The summed E-state index contributed by atoms with van der Waals surface area (Å²) in [4.78, 5) is 28.3. The van der Waals surface area contributed by atoms with Gasteiger partial charge in [-0.2, -0.15) is 0 Å². The molecule has 2 N–H and O–H groups in total. The van der Waals surface area contributed by atoms with Crippen LogP contribution in [0, 0.1) is 11.7 Å². The minimum Gasteiger partial charge on any atom is -0.489 e. The molecule has 0 atom stereocenters. The second-order valence-corrected chi connectivity index (χ2v) is 6.90. The molecule has 0 aliphatic heterocycles. The first-order valence-corrected chi connectivity index (χ1v) is 9.53. The first kappa shape index (κ1) is 19.8. The molecule has 28 heavy (non-hydrogen) atoms. The van der Waals surface area contributed by atoms with Crippen LogP contribution in [0.3, 0.4) is 0 Å². The fourth-order valence-corrected chi connectivity index (χ4v) is 3.20. The van der Waals surface area contributed by atoms with Crippen LogP contribution in [-0.2, 0) is 4.79 Å². The Morgan fingerprint density at radius 3 is 2.61 bits per heavy atom. The molecule has 1 heterocycles. The van der Waals surface area contributed by atoms with E-state index in [1.165, 1.54) is 43.5 Å². The molecular weight excluding hydrogens is 361 g/mol. The van der Waals surface area contributed by atoms with Gasteiger partial charge in [0, 0.05) is 11.8 Å². The molecule has 1 aliphatic rings. The molecule has 0 unspecified atom stereocenters. The Hall–Kier alpha value is -2.96. The number of hydrogen-bond acceptors (Lipinski definition) is 4.